The van der Waals surface area contributed by atoms with Crippen LogP contribution in [0.1, 0.15) is 31.7 Å². The Balaban J connectivity index is 2.03. The maximum Gasteiger partial charge on any atom is 0.234 e. The lowest BCUT2D eigenvalue weighted by atomic mass is 10.2. The number of nitrogens with one attached hydrogen (secondary N) is 1. The minimum atomic E-state index is -0.369. The molecule has 0 aliphatic heterocycles. The van der Waals surface area contributed by atoms with Gasteiger partial charge >= 0.3 is 0 Å². The van der Waals surface area contributed by atoms with Crippen LogP contribution in [0.25, 0.3) is 0 Å². The van der Waals surface area contributed by atoms with Crippen LogP contribution in [-0.2, 0) is 22.6 Å². The number of nitrogens with zero attached hydrogens (tertiary/aromatic N) is 3. The molecule has 0 aliphatic carbocycles. The van der Waals surface area contributed by atoms with Crippen molar-refractivity contribution in [3.05, 3.63) is 34.1 Å². The van der Waals surface area contributed by atoms with Crippen molar-refractivity contribution in [3.8, 4) is 0 Å². The van der Waals surface area contributed by atoms with Crippen LogP contribution in [-0.4, -0.2) is 32.3 Å². The summed E-state index contributed by atoms with van der Waals surface area (Å²) in [6.07, 6.45) is 0.668. The Morgan fingerprint density at radius 2 is 2.07 bits per heavy atom. The molecule has 0 fully saturated rings. The number of carbonyl (C=O) groups excluding carboxylic acids is 2. The number of benzene rings is 1. The molecule has 0 radical (unpaired) electrons. The lowest BCUT2D eigenvalue weighted by Gasteiger charge is -2.12. The number of hydrogen-bond donors (Lipinski definition) is 2. The number of primary amides is 1. The number of thioether (sulfide) groups is 1. The van der Waals surface area contributed by atoms with Crippen molar-refractivity contribution in [1.29, 1.82) is 0 Å². The highest BCUT2D eigenvalue weighted by atomic mass is 79.9. The lowest BCUT2D eigenvalue weighted by Crippen LogP contribution is -2.17. The molecule has 1 heterocycles. The van der Waals surface area contributed by atoms with E-state index >= 15 is 0 Å². The molecule has 0 saturated carbocycles. The van der Waals surface area contributed by atoms with E-state index in [-0.39, 0.29) is 24.0 Å². The molecule has 1 aromatic heterocycles. The second-order valence-corrected chi connectivity index (χ2v) is 8.49. The van der Waals surface area contributed by atoms with Crippen molar-refractivity contribution in [3.63, 3.8) is 0 Å². The fourth-order valence-corrected chi connectivity index (χ4v) is 3.79. The standard InChI is InChI=1S/C18H24BrN5O2S/c1-11(2)9-24-16(7-6-15(20)25)22-23-18(24)27-10-17(26)21-14-5-4-12(3)8-13(14)19/h4-5,8,11H,6-7,9-10H2,1-3H3,(H2,20,25)(H,21,26). The molecule has 0 spiro atoms. The maximum atomic E-state index is 12.3. The predicted molar refractivity (Wildman–Crippen MR) is 111 cm³/mol. The first-order valence-corrected chi connectivity index (χ1v) is 10.4. The number of aromatic nitrogens is 3. The summed E-state index contributed by atoms with van der Waals surface area (Å²) in [4.78, 5) is 23.4. The largest absolute Gasteiger partial charge is 0.370 e. The fraction of sp³-hybridized carbons (Fsp3) is 0.444. The molecular weight excluding hydrogens is 430 g/mol. The zero-order valence-electron chi connectivity index (χ0n) is 15.7. The van der Waals surface area contributed by atoms with Gasteiger partial charge in [0.15, 0.2) is 5.16 Å². The molecule has 2 amide bonds. The van der Waals surface area contributed by atoms with Crippen molar-refractivity contribution in [2.45, 2.75) is 45.3 Å². The SMILES string of the molecule is Cc1ccc(NC(=O)CSc2nnc(CCC(N)=O)n2CC(C)C)c(Br)c1. The number of amides is 2. The van der Waals surface area contributed by atoms with E-state index in [0.717, 1.165) is 15.7 Å². The van der Waals surface area contributed by atoms with Gasteiger partial charge in [-0.05, 0) is 46.5 Å². The Morgan fingerprint density at radius 3 is 2.70 bits per heavy atom. The number of anilines is 1. The molecule has 1 aromatic carbocycles. The van der Waals surface area contributed by atoms with E-state index in [9.17, 15) is 9.59 Å². The first kappa shape index (κ1) is 21.4. The molecule has 27 heavy (non-hydrogen) atoms. The Morgan fingerprint density at radius 1 is 1.33 bits per heavy atom. The van der Waals surface area contributed by atoms with Gasteiger partial charge < -0.3 is 15.6 Å². The van der Waals surface area contributed by atoms with E-state index in [1.54, 1.807) is 0 Å². The quantitative estimate of drug-likeness (QED) is 0.567. The van der Waals surface area contributed by atoms with Gasteiger partial charge in [-0.25, -0.2) is 0 Å². The number of carbonyl (C=O) groups is 2. The second-order valence-electron chi connectivity index (χ2n) is 6.69. The van der Waals surface area contributed by atoms with Gasteiger partial charge in [-0.3, -0.25) is 9.59 Å². The molecule has 0 bridgehead atoms. The number of rotatable bonds is 9. The van der Waals surface area contributed by atoms with E-state index in [2.05, 4.69) is 45.3 Å². The van der Waals surface area contributed by atoms with E-state index in [4.69, 9.17) is 5.73 Å². The van der Waals surface area contributed by atoms with Crippen LogP contribution in [0, 0.1) is 12.8 Å². The van der Waals surface area contributed by atoms with E-state index in [0.29, 0.717) is 29.9 Å². The van der Waals surface area contributed by atoms with E-state index < -0.39 is 0 Å². The highest BCUT2D eigenvalue weighted by Gasteiger charge is 2.16. The molecule has 0 atom stereocenters. The van der Waals surface area contributed by atoms with Crippen LogP contribution in [0.5, 0.6) is 0 Å². The van der Waals surface area contributed by atoms with Crippen molar-refractivity contribution < 1.29 is 9.59 Å². The minimum Gasteiger partial charge on any atom is -0.370 e. The molecule has 2 rings (SSSR count). The van der Waals surface area contributed by atoms with Gasteiger partial charge in [0, 0.05) is 23.9 Å². The average Bonchev–Trinajstić information content (AvgIpc) is 2.95. The fourth-order valence-electron chi connectivity index (χ4n) is 2.43. The van der Waals surface area contributed by atoms with Gasteiger partial charge in [0.05, 0.1) is 11.4 Å². The highest BCUT2D eigenvalue weighted by molar-refractivity contribution is 9.10. The Labute approximate surface area is 171 Å². The summed E-state index contributed by atoms with van der Waals surface area (Å²) in [6.45, 7) is 6.89. The van der Waals surface area contributed by atoms with E-state index in [1.807, 2.05) is 29.7 Å². The topological polar surface area (TPSA) is 103 Å². The maximum absolute atomic E-state index is 12.3. The second kappa shape index (κ2) is 9.89. The van der Waals surface area contributed by atoms with Crippen LogP contribution >= 0.6 is 27.7 Å². The van der Waals surface area contributed by atoms with Crippen LogP contribution in [0.4, 0.5) is 5.69 Å². The average molecular weight is 454 g/mol. The van der Waals surface area contributed by atoms with Crippen molar-refractivity contribution >= 4 is 45.2 Å². The van der Waals surface area contributed by atoms with E-state index in [1.165, 1.54) is 11.8 Å². The minimum absolute atomic E-state index is 0.123. The first-order chi connectivity index (χ1) is 12.8. The van der Waals surface area contributed by atoms with Crippen LogP contribution in [0.3, 0.4) is 0 Å². The molecule has 3 N–H and O–H groups in total. The zero-order valence-corrected chi connectivity index (χ0v) is 18.1. The summed E-state index contributed by atoms with van der Waals surface area (Å²) in [5, 5.41) is 11.9. The number of nitrogens with two attached hydrogens (primary N) is 1. The number of hydrogen-bond acceptors (Lipinski definition) is 5. The van der Waals surface area contributed by atoms with Gasteiger partial charge in [-0.15, -0.1) is 10.2 Å². The number of aryl methyl sites for hydroxylation is 2. The summed E-state index contributed by atoms with van der Waals surface area (Å²) in [7, 11) is 0. The molecule has 0 aliphatic rings. The van der Waals surface area contributed by atoms with Crippen molar-refractivity contribution in [2.75, 3.05) is 11.1 Å². The van der Waals surface area contributed by atoms with Gasteiger partial charge in [0.2, 0.25) is 11.8 Å². The summed E-state index contributed by atoms with van der Waals surface area (Å²) in [5.74, 6) is 0.817. The van der Waals surface area contributed by atoms with Crippen LogP contribution in [0.2, 0.25) is 0 Å². The predicted octanol–water partition coefficient (Wildman–Crippen LogP) is 3.15. The first-order valence-electron chi connectivity index (χ1n) is 8.65. The van der Waals surface area contributed by atoms with Crippen molar-refractivity contribution in [2.24, 2.45) is 11.7 Å². The third-order valence-corrected chi connectivity index (χ3v) is 5.29. The third-order valence-electron chi connectivity index (χ3n) is 3.67. The lowest BCUT2D eigenvalue weighted by molar-refractivity contribution is -0.118. The van der Waals surface area contributed by atoms with Gasteiger partial charge in [0.1, 0.15) is 5.82 Å². The Kier molecular flexibility index (Phi) is 7.85. The van der Waals surface area contributed by atoms with Gasteiger partial charge in [0.25, 0.3) is 0 Å². The molecule has 9 heteroatoms. The van der Waals surface area contributed by atoms with Crippen LogP contribution < -0.4 is 11.1 Å². The van der Waals surface area contributed by atoms with Gasteiger partial charge in [-0.1, -0.05) is 31.7 Å². The molecule has 0 saturated heterocycles. The monoisotopic (exact) mass is 453 g/mol. The van der Waals surface area contributed by atoms with Gasteiger partial charge in [-0.2, -0.15) is 0 Å². The Hall–Kier alpha value is -1.87. The molecular formula is C18H24BrN5O2S. The number of halogens is 1. The van der Waals surface area contributed by atoms with Crippen molar-refractivity contribution in [1.82, 2.24) is 14.8 Å². The molecule has 7 nitrogen and oxygen atoms in total. The summed E-state index contributed by atoms with van der Waals surface area (Å²) in [5.41, 5.74) is 7.08. The summed E-state index contributed by atoms with van der Waals surface area (Å²) < 4.78 is 2.81. The highest BCUT2D eigenvalue weighted by Crippen LogP contribution is 2.24. The molecule has 2 aromatic rings. The smallest absolute Gasteiger partial charge is 0.234 e. The zero-order chi connectivity index (χ0) is 20.0. The normalized spacial score (nSPS) is 11.0. The summed E-state index contributed by atoms with van der Waals surface area (Å²) >= 11 is 4.78. The Bertz CT molecular complexity index is 822. The summed E-state index contributed by atoms with van der Waals surface area (Å²) in [6, 6.07) is 5.76. The molecule has 146 valence electrons. The van der Waals surface area contributed by atoms with Crippen LogP contribution in [0.15, 0.2) is 27.8 Å². The molecule has 0 unspecified atom stereocenters. The third kappa shape index (κ3) is 6.66.